The summed E-state index contributed by atoms with van der Waals surface area (Å²) >= 11 is 6.39. The number of pyridine rings is 1. The highest BCUT2D eigenvalue weighted by molar-refractivity contribution is 6.31. The predicted molar refractivity (Wildman–Crippen MR) is 138 cm³/mol. The Bertz CT molecular complexity index is 1220. The van der Waals surface area contributed by atoms with Gasteiger partial charge in [0, 0.05) is 42.1 Å². The second-order valence-corrected chi connectivity index (χ2v) is 9.32. The summed E-state index contributed by atoms with van der Waals surface area (Å²) in [4.78, 5) is 16.8. The maximum atomic E-state index is 14.2. The van der Waals surface area contributed by atoms with Crippen molar-refractivity contribution in [1.29, 1.82) is 0 Å². The number of rotatable bonds is 7. The monoisotopic (exact) mass is 510 g/mol. The molecule has 5 rings (SSSR count). The summed E-state index contributed by atoms with van der Waals surface area (Å²) < 4.78 is 19.5. The van der Waals surface area contributed by atoms with Gasteiger partial charge in [0.15, 0.2) is 11.6 Å². The lowest BCUT2D eigenvalue weighted by Gasteiger charge is -2.27. The minimum absolute atomic E-state index is 0.111. The topological polar surface area (TPSA) is 91.1 Å². The molecule has 0 aliphatic carbocycles. The maximum Gasteiger partial charge on any atom is 0.270 e. The molecule has 3 aromatic rings. The van der Waals surface area contributed by atoms with Gasteiger partial charge in [0.1, 0.15) is 6.54 Å². The molecule has 11 heteroatoms. The van der Waals surface area contributed by atoms with Gasteiger partial charge in [0.25, 0.3) is 5.95 Å². The first-order chi connectivity index (χ1) is 17.5. The van der Waals surface area contributed by atoms with E-state index in [9.17, 15) is 4.39 Å². The number of azo groups is 1. The maximum absolute atomic E-state index is 14.2. The standard InChI is InChI=1S/C25H28ClFN8O/c1-17-3-2-6-35(17)22-12-18(26)11-21(13-22)31-20-5-4-19(28-14-20)15-30-33-25-29-16-23(27)24(32-25)34-7-9-36-10-8-34/h4-5,11-14,16-17,31H,2-3,6-10,15H2,1H3. The number of nitrogens with one attached hydrogen (secondary N) is 1. The van der Waals surface area contributed by atoms with Crippen LogP contribution < -0.4 is 15.1 Å². The van der Waals surface area contributed by atoms with Gasteiger partial charge in [0.05, 0.1) is 37.0 Å². The molecule has 0 spiro atoms. The van der Waals surface area contributed by atoms with Crippen LogP contribution in [-0.2, 0) is 11.3 Å². The smallest absolute Gasteiger partial charge is 0.270 e. The van der Waals surface area contributed by atoms with Crippen molar-refractivity contribution in [2.24, 2.45) is 10.2 Å². The van der Waals surface area contributed by atoms with Crippen molar-refractivity contribution in [1.82, 2.24) is 15.0 Å². The molecule has 9 nitrogen and oxygen atoms in total. The van der Waals surface area contributed by atoms with Crippen LogP contribution in [0, 0.1) is 5.82 Å². The second kappa shape index (κ2) is 11.1. The lowest BCUT2D eigenvalue weighted by Crippen LogP contribution is -2.37. The molecule has 2 saturated heterocycles. The minimum Gasteiger partial charge on any atom is -0.378 e. The molecule has 0 saturated carbocycles. The van der Waals surface area contributed by atoms with Gasteiger partial charge >= 0.3 is 0 Å². The Balaban J connectivity index is 1.21. The zero-order valence-corrected chi connectivity index (χ0v) is 20.8. The molecule has 2 aliphatic heterocycles. The molecule has 0 bridgehead atoms. The van der Waals surface area contributed by atoms with E-state index in [2.05, 4.69) is 48.4 Å². The third-order valence-electron chi connectivity index (χ3n) is 6.30. The fraction of sp³-hybridized carbons (Fsp3) is 0.400. The molecule has 0 amide bonds. The second-order valence-electron chi connectivity index (χ2n) is 8.89. The highest BCUT2D eigenvalue weighted by Gasteiger charge is 2.21. The minimum atomic E-state index is -0.484. The number of nitrogens with zero attached hydrogens (tertiary/aromatic N) is 7. The van der Waals surface area contributed by atoms with E-state index in [-0.39, 0.29) is 18.3 Å². The summed E-state index contributed by atoms with van der Waals surface area (Å²) in [6.45, 7) is 5.75. The van der Waals surface area contributed by atoms with Gasteiger partial charge in [-0.3, -0.25) is 4.98 Å². The number of halogens is 2. The summed E-state index contributed by atoms with van der Waals surface area (Å²) in [5, 5.41) is 12.3. The third kappa shape index (κ3) is 5.88. The number of aromatic nitrogens is 3. The van der Waals surface area contributed by atoms with Gasteiger partial charge in [-0.05, 0) is 50.1 Å². The Labute approximate surface area is 214 Å². The summed E-state index contributed by atoms with van der Waals surface area (Å²) in [5.41, 5.74) is 3.61. The molecule has 1 N–H and O–H groups in total. The average Bonchev–Trinajstić information content (AvgIpc) is 3.32. The molecule has 1 aromatic carbocycles. The summed E-state index contributed by atoms with van der Waals surface area (Å²) in [6, 6.07) is 10.3. The van der Waals surface area contributed by atoms with Crippen LogP contribution in [0.1, 0.15) is 25.5 Å². The van der Waals surface area contributed by atoms with E-state index in [4.69, 9.17) is 16.3 Å². The summed E-state index contributed by atoms with van der Waals surface area (Å²) in [7, 11) is 0. The van der Waals surface area contributed by atoms with Crippen LogP contribution in [0.15, 0.2) is 53.0 Å². The van der Waals surface area contributed by atoms with Gasteiger partial charge in [-0.2, -0.15) is 10.1 Å². The van der Waals surface area contributed by atoms with E-state index < -0.39 is 5.82 Å². The van der Waals surface area contributed by atoms with E-state index in [0.29, 0.717) is 37.4 Å². The lowest BCUT2D eigenvalue weighted by molar-refractivity contribution is 0.122. The number of benzene rings is 1. The SMILES string of the molecule is CC1CCCN1c1cc(Cl)cc(Nc2ccc(CN=Nc3ncc(F)c(N4CCOCC4)n3)nc2)c1. The van der Waals surface area contributed by atoms with Gasteiger partial charge < -0.3 is 19.9 Å². The highest BCUT2D eigenvalue weighted by atomic mass is 35.5. The summed E-state index contributed by atoms with van der Waals surface area (Å²) in [6.07, 6.45) is 5.26. The van der Waals surface area contributed by atoms with Gasteiger partial charge in [0.2, 0.25) is 0 Å². The van der Waals surface area contributed by atoms with Gasteiger partial charge in [-0.25, -0.2) is 9.37 Å². The Morgan fingerprint density at radius 2 is 1.97 bits per heavy atom. The first-order valence-electron chi connectivity index (χ1n) is 12.1. The first kappa shape index (κ1) is 24.3. The summed E-state index contributed by atoms with van der Waals surface area (Å²) in [5.74, 6) is -0.151. The molecule has 2 aliphatic rings. The Hall–Kier alpha value is -3.37. The van der Waals surface area contributed by atoms with Crippen LogP contribution >= 0.6 is 11.6 Å². The number of ether oxygens (including phenoxy) is 1. The fourth-order valence-corrected chi connectivity index (χ4v) is 4.68. The van der Waals surface area contributed by atoms with E-state index in [1.54, 1.807) is 6.20 Å². The van der Waals surface area contributed by atoms with E-state index in [1.807, 2.05) is 29.2 Å². The number of anilines is 4. The number of hydrogen-bond acceptors (Lipinski definition) is 9. The quantitative estimate of drug-likeness (QED) is 0.418. The molecule has 36 heavy (non-hydrogen) atoms. The van der Waals surface area contributed by atoms with Crippen LogP contribution in [-0.4, -0.2) is 53.8 Å². The van der Waals surface area contributed by atoms with Crippen LogP contribution in [0.25, 0.3) is 0 Å². The molecule has 1 unspecified atom stereocenters. The van der Waals surface area contributed by atoms with Crippen LogP contribution in [0.2, 0.25) is 5.02 Å². The van der Waals surface area contributed by atoms with Gasteiger partial charge in [-0.1, -0.05) is 11.6 Å². The molecular weight excluding hydrogens is 483 g/mol. The zero-order valence-electron chi connectivity index (χ0n) is 20.1. The molecule has 4 heterocycles. The fourth-order valence-electron chi connectivity index (χ4n) is 4.45. The molecule has 2 fully saturated rings. The third-order valence-corrected chi connectivity index (χ3v) is 6.52. The largest absolute Gasteiger partial charge is 0.378 e. The van der Waals surface area contributed by atoms with Crippen molar-refractivity contribution in [3.8, 4) is 0 Å². The molecule has 1 atom stereocenters. The van der Waals surface area contributed by atoms with Crippen molar-refractivity contribution in [2.45, 2.75) is 32.4 Å². The predicted octanol–water partition coefficient (Wildman–Crippen LogP) is 5.52. The van der Waals surface area contributed by atoms with Crippen molar-refractivity contribution < 1.29 is 9.13 Å². The van der Waals surface area contributed by atoms with Crippen LogP contribution in [0.3, 0.4) is 0 Å². The number of morpholine rings is 1. The van der Waals surface area contributed by atoms with Crippen molar-refractivity contribution >= 4 is 40.4 Å². The normalized spacial score (nSPS) is 18.2. The Morgan fingerprint density at radius 3 is 2.72 bits per heavy atom. The molecule has 0 radical (unpaired) electrons. The van der Waals surface area contributed by atoms with Crippen LogP contribution in [0.5, 0.6) is 0 Å². The number of hydrogen-bond donors (Lipinski definition) is 1. The van der Waals surface area contributed by atoms with Crippen molar-refractivity contribution in [3.63, 3.8) is 0 Å². The van der Waals surface area contributed by atoms with E-state index >= 15 is 0 Å². The molecule has 2 aromatic heterocycles. The van der Waals surface area contributed by atoms with Crippen molar-refractivity contribution in [2.75, 3.05) is 48.0 Å². The average molecular weight is 511 g/mol. The Kier molecular flexibility index (Phi) is 7.52. The molecule has 188 valence electrons. The van der Waals surface area contributed by atoms with E-state index in [1.165, 1.54) is 12.8 Å². The zero-order chi connectivity index (χ0) is 24.9. The highest BCUT2D eigenvalue weighted by Crippen LogP contribution is 2.32. The Morgan fingerprint density at radius 1 is 1.11 bits per heavy atom. The van der Waals surface area contributed by atoms with Gasteiger partial charge in [-0.15, -0.1) is 5.11 Å². The first-order valence-corrected chi connectivity index (χ1v) is 12.4. The van der Waals surface area contributed by atoms with Crippen LogP contribution in [0.4, 0.5) is 33.2 Å². The van der Waals surface area contributed by atoms with E-state index in [0.717, 1.165) is 35.5 Å². The van der Waals surface area contributed by atoms with Crippen molar-refractivity contribution in [3.05, 3.63) is 59.3 Å². The molecular formula is C25H28ClFN8O. The lowest BCUT2D eigenvalue weighted by atomic mass is 10.2.